The van der Waals surface area contributed by atoms with E-state index in [0.717, 1.165) is 44.1 Å². The lowest BCUT2D eigenvalue weighted by atomic mass is 9.73. The molecule has 0 bridgehead atoms. The monoisotopic (exact) mass is 346 g/mol. The molecule has 1 fully saturated rings. The van der Waals surface area contributed by atoms with E-state index in [2.05, 4.69) is 13.0 Å². The summed E-state index contributed by atoms with van der Waals surface area (Å²) < 4.78 is 5.69. The number of aliphatic hydroxyl groups excluding tert-OH is 1. The molecule has 0 unspecified atom stereocenters. The van der Waals surface area contributed by atoms with Crippen molar-refractivity contribution >= 4 is 0 Å². The molecule has 3 rings (SSSR count). The predicted octanol–water partition coefficient (Wildman–Crippen LogP) is 4.48. The van der Waals surface area contributed by atoms with Crippen molar-refractivity contribution in [3.8, 4) is 5.75 Å². The van der Waals surface area contributed by atoms with Crippen molar-refractivity contribution < 1.29 is 14.9 Å². The molecule has 0 saturated heterocycles. The smallest absolute Gasteiger partial charge is 0.119 e. The van der Waals surface area contributed by atoms with Gasteiger partial charge in [0.05, 0.1) is 12.2 Å². The Bertz CT molecular complexity index is 556. The average molecular weight is 347 g/mol. The molecule has 2 aliphatic rings. The third-order valence-corrected chi connectivity index (χ3v) is 6.65. The van der Waals surface area contributed by atoms with Crippen LogP contribution < -0.4 is 0 Å². The summed E-state index contributed by atoms with van der Waals surface area (Å²) in [6, 6.07) is 5.89. The first kappa shape index (κ1) is 18.7. The molecule has 0 radical (unpaired) electrons. The third kappa shape index (κ3) is 4.20. The highest BCUT2D eigenvalue weighted by Crippen LogP contribution is 2.48. The van der Waals surface area contributed by atoms with Gasteiger partial charge < -0.3 is 14.9 Å². The normalized spacial score (nSPS) is 29.2. The van der Waals surface area contributed by atoms with Gasteiger partial charge in [-0.25, -0.2) is 0 Å². The second-order valence-corrected chi connectivity index (χ2v) is 8.14. The summed E-state index contributed by atoms with van der Waals surface area (Å²) in [7, 11) is 1.82. The van der Waals surface area contributed by atoms with E-state index in [1.165, 1.54) is 24.8 Å². The number of hydrogen-bond acceptors (Lipinski definition) is 3. The van der Waals surface area contributed by atoms with Crippen LogP contribution in [0.4, 0.5) is 0 Å². The Morgan fingerprint density at radius 1 is 1.20 bits per heavy atom. The summed E-state index contributed by atoms with van der Waals surface area (Å²) in [6.07, 6.45) is 9.95. The van der Waals surface area contributed by atoms with Gasteiger partial charge in [0.15, 0.2) is 0 Å². The van der Waals surface area contributed by atoms with Crippen LogP contribution in [0.2, 0.25) is 0 Å². The molecule has 5 atom stereocenters. The van der Waals surface area contributed by atoms with Crippen molar-refractivity contribution in [3.63, 3.8) is 0 Å². The topological polar surface area (TPSA) is 49.7 Å². The summed E-state index contributed by atoms with van der Waals surface area (Å²) in [6.45, 7) is 2.23. The van der Waals surface area contributed by atoms with E-state index < -0.39 is 0 Å². The van der Waals surface area contributed by atoms with Crippen molar-refractivity contribution in [1.29, 1.82) is 0 Å². The maximum Gasteiger partial charge on any atom is 0.119 e. The first-order valence-corrected chi connectivity index (χ1v) is 10.1. The number of phenols is 1. The second-order valence-electron chi connectivity index (χ2n) is 8.14. The lowest BCUT2D eigenvalue weighted by Crippen LogP contribution is -2.28. The van der Waals surface area contributed by atoms with Crippen molar-refractivity contribution in [1.82, 2.24) is 0 Å². The number of methoxy groups -OCH3 is 1. The van der Waals surface area contributed by atoms with Crippen LogP contribution in [-0.4, -0.2) is 29.5 Å². The summed E-state index contributed by atoms with van der Waals surface area (Å²) in [5.41, 5.74) is 2.40. The molecular weight excluding hydrogens is 312 g/mol. The van der Waals surface area contributed by atoms with Gasteiger partial charge >= 0.3 is 0 Å². The second kappa shape index (κ2) is 8.55. The van der Waals surface area contributed by atoms with Crippen LogP contribution >= 0.6 is 0 Å². The molecule has 0 aromatic heterocycles. The summed E-state index contributed by atoms with van der Waals surface area (Å²) in [5.74, 6) is 1.88. The van der Waals surface area contributed by atoms with Crippen LogP contribution in [0.5, 0.6) is 5.75 Å². The molecule has 0 heterocycles. The SMILES string of the molecule is CCCCC[C@@H](CC[C@@H]1[C@H]2Cc3cccc(O)c3C[C@H]2C[C@H]1O)OC. The van der Waals surface area contributed by atoms with E-state index in [1.54, 1.807) is 6.07 Å². The molecule has 3 nitrogen and oxygen atoms in total. The summed E-state index contributed by atoms with van der Waals surface area (Å²) in [4.78, 5) is 0. The molecule has 25 heavy (non-hydrogen) atoms. The highest BCUT2D eigenvalue weighted by molar-refractivity contribution is 5.42. The van der Waals surface area contributed by atoms with Crippen LogP contribution in [0.3, 0.4) is 0 Å². The number of phenolic OH excluding ortho intramolecular Hbond substituents is 1. The summed E-state index contributed by atoms with van der Waals surface area (Å²) in [5, 5.41) is 20.8. The van der Waals surface area contributed by atoms with Gasteiger partial charge in [-0.3, -0.25) is 0 Å². The van der Waals surface area contributed by atoms with Gasteiger partial charge in [0, 0.05) is 7.11 Å². The molecule has 1 saturated carbocycles. The maximum absolute atomic E-state index is 10.7. The highest BCUT2D eigenvalue weighted by Gasteiger charge is 2.44. The Balaban J connectivity index is 1.61. The number of unbranched alkanes of at least 4 members (excludes halogenated alkanes) is 2. The number of aromatic hydroxyl groups is 1. The number of aliphatic hydroxyl groups is 1. The molecule has 1 aromatic carbocycles. The minimum absolute atomic E-state index is 0.195. The van der Waals surface area contributed by atoms with Crippen molar-refractivity contribution in [2.45, 2.75) is 76.9 Å². The predicted molar refractivity (Wildman–Crippen MR) is 101 cm³/mol. The highest BCUT2D eigenvalue weighted by atomic mass is 16.5. The minimum Gasteiger partial charge on any atom is -0.508 e. The van der Waals surface area contributed by atoms with Gasteiger partial charge in [0.25, 0.3) is 0 Å². The Hall–Kier alpha value is -1.06. The molecular formula is C22H34O3. The fourth-order valence-corrected chi connectivity index (χ4v) is 5.20. The van der Waals surface area contributed by atoms with Crippen LogP contribution in [0.1, 0.15) is 63.0 Å². The average Bonchev–Trinajstić information content (AvgIpc) is 2.91. The largest absolute Gasteiger partial charge is 0.508 e. The van der Waals surface area contributed by atoms with E-state index in [9.17, 15) is 10.2 Å². The van der Waals surface area contributed by atoms with Crippen LogP contribution in [0, 0.1) is 17.8 Å². The Morgan fingerprint density at radius 3 is 2.80 bits per heavy atom. The lowest BCUT2D eigenvalue weighted by molar-refractivity contribution is 0.0595. The van der Waals surface area contributed by atoms with E-state index in [1.807, 2.05) is 13.2 Å². The molecule has 140 valence electrons. The zero-order chi connectivity index (χ0) is 17.8. The van der Waals surface area contributed by atoms with Gasteiger partial charge in [-0.05, 0) is 73.5 Å². The van der Waals surface area contributed by atoms with Gasteiger partial charge in [0.1, 0.15) is 5.75 Å². The minimum atomic E-state index is -0.195. The molecule has 2 N–H and O–H groups in total. The number of rotatable bonds is 8. The number of fused-ring (bicyclic) bond motifs is 2. The lowest BCUT2D eigenvalue weighted by Gasteiger charge is -2.32. The van der Waals surface area contributed by atoms with Crippen molar-refractivity contribution in [3.05, 3.63) is 29.3 Å². The van der Waals surface area contributed by atoms with Gasteiger partial charge in [0.2, 0.25) is 0 Å². The maximum atomic E-state index is 10.7. The Kier molecular flexibility index (Phi) is 6.40. The fraction of sp³-hybridized carbons (Fsp3) is 0.727. The molecule has 2 aliphatic carbocycles. The third-order valence-electron chi connectivity index (χ3n) is 6.65. The van der Waals surface area contributed by atoms with Gasteiger partial charge in [-0.2, -0.15) is 0 Å². The Morgan fingerprint density at radius 2 is 2.04 bits per heavy atom. The molecule has 0 aliphatic heterocycles. The van der Waals surface area contributed by atoms with Crippen molar-refractivity contribution in [2.24, 2.45) is 17.8 Å². The first-order chi connectivity index (χ1) is 12.1. The molecule has 1 aromatic rings. The van der Waals surface area contributed by atoms with Crippen molar-refractivity contribution in [2.75, 3.05) is 7.11 Å². The number of benzene rings is 1. The fourth-order valence-electron chi connectivity index (χ4n) is 5.20. The molecule has 0 amide bonds. The standard InChI is InChI=1S/C22H34O3/c1-3-4-5-8-17(25-2)10-11-18-19-12-15-7-6-9-21(23)20(15)13-16(19)14-22(18)24/h6-7,9,16-19,22-24H,3-5,8,10-14H2,1-2H3/t16-,17-,18+,19-,22+/m0/s1. The number of ether oxygens (including phenoxy) is 1. The first-order valence-electron chi connectivity index (χ1n) is 10.1. The van der Waals surface area contributed by atoms with E-state index >= 15 is 0 Å². The quantitative estimate of drug-likeness (QED) is 0.682. The van der Waals surface area contributed by atoms with E-state index in [0.29, 0.717) is 29.6 Å². The van der Waals surface area contributed by atoms with Crippen LogP contribution in [-0.2, 0) is 17.6 Å². The molecule has 3 heteroatoms. The number of hydrogen-bond donors (Lipinski definition) is 2. The Labute approximate surface area is 152 Å². The van der Waals surface area contributed by atoms with Crippen LogP contribution in [0.15, 0.2) is 18.2 Å². The van der Waals surface area contributed by atoms with Crippen LogP contribution in [0.25, 0.3) is 0 Å². The van der Waals surface area contributed by atoms with Gasteiger partial charge in [-0.15, -0.1) is 0 Å². The molecule has 0 spiro atoms. The van der Waals surface area contributed by atoms with E-state index in [-0.39, 0.29) is 6.10 Å². The van der Waals surface area contributed by atoms with Gasteiger partial charge in [-0.1, -0.05) is 38.3 Å². The van der Waals surface area contributed by atoms with E-state index in [4.69, 9.17) is 4.74 Å². The zero-order valence-corrected chi connectivity index (χ0v) is 15.8. The summed E-state index contributed by atoms with van der Waals surface area (Å²) >= 11 is 0. The zero-order valence-electron chi connectivity index (χ0n) is 15.8.